The third kappa shape index (κ3) is 5.52. The first-order chi connectivity index (χ1) is 14.8. The number of nitrogens with zero attached hydrogens (tertiary/aromatic N) is 4. The van der Waals surface area contributed by atoms with Gasteiger partial charge in [0.15, 0.2) is 11.6 Å². The fourth-order valence-electron chi connectivity index (χ4n) is 2.90. The van der Waals surface area contributed by atoms with Crippen LogP contribution >= 0.6 is 11.6 Å². The van der Waals surface area contributed by atoms with Gasteiger partial charge in [-0.25, -0.2) is 18.4 Å². The summed E-state index contributed by atoms with van der Waals surface area (Å²) in [6.45, 7) is 2.05. The average Bonchev–Trinajstić information content (AvgIpc) is 3.16. The molecule has 2 aromatic carbocycles. The minimum atomic E-state index is -0.639. The van der Waals surface area contributed by atoms with Crippen LogP contribution < -0.4 is 0 Å². The van der Waals surface area contributed by atoms with Gasteiger partial charge in [-0.2, -0.15) is 0 Å². The number of aryl methyl sites for hydroxylation is 1. The summed E-state index contributed by atoms with van der Waals surface area (Å²) in [5.74, 6) is -1.52. The van der Waals surface area contributed by atoms with Gasteiger partial charge in [-0.15, -0.1) is 5.10 Å². The molecule has 6 nitrogen and oxygen atoms in total. The normalized spacial score (nSPS) is 10.9. The molecule has 1 heterocycles. The number of carbonyl (C=O) groups excluding carboxylic acids is 2. The Kier molecular flexibility index (Phi) is 7.12. The van der Waals surface area contributed by atoms with E-state index in [-0.39, 0.29) is 41.2 Å². The van der Waals surface area contributed by atoms with Crippen molar-refractivity contribution in [3.05, 3.63) is 70.5 Å². The highest BCUT2D eigenvalue weighted by Gasteiger charge is 2.22. The monoisotopic (exact) mass is 446 g/mol. The van der Waals surface area contributed by atoms with Crippen LogP contribution in [0.15, 0.2) is 42.5 Å². The molecular formula is C22H21ClF2N4O2. The van der Waals surface area contributed by atoms with Crippen LogP contribution in [-0.2, 0) is 17.8 Å². The number of hydrogen-bond donors (Lipinski definition) is 0. The lowest BCUT2D eigenvalue weighted by molar-refractivity contribution is -0.119. The van der Waals surface area contributed by atoms with Gasteiger partial charge in [0.25, 0.3) is 5.91 Å². The Morgan fingerprint density at radius 3 is 2.61 bits per heavy atom. The second kappa shape index (κ2) is 9.78. The highest BCUT2D eigenvalue weighted by atomic mass is 35.5. The molecule has 3 aromatic rings. The van der Waals surface area contributed by atoms with E-state index in [1.807, 2.05) is 0 Å². The van der Waals surface area contributed by atoms with E-state index in [4.69, 9.17) is 11.6 Å². The van der Waals surface area contributed by atoms with Gasteiger partial charge in [-0.3, -0.25) is 9.59 Å². The standard InChI is InChI=1S/C22H21ClF2N4O2/c1-3-28(2)22(31)21-26-20(15-8-10-18(23)19(25)12-15)27-29(21)13-17(30)9-7-14-5-4-6-16(24)11-14/h4-6,8,10-12H,3,7,9,13H2,1-2H3. The zero-order valence-electron chi connectivity index (χ0n) is 17.1. The van der Waals surface area contributed by atoms with Gasteiger partial charge in [-0.1, -0.05) is 23.7 Å². The Hall–Kier alpha value is -3.13. The summed E-state index contributed by atoms with van der Waals surface area (Å²) in [7, 11) is 1.61. The number of ketones is 1. The molecule has 0 fully saturated rings. The molecule has 162 valence electrons. The summed E-state index contributed by atoms with van der Waals surface area (Å²) in [6, 6.07) is 10.1. The number of carbonyl (C=O) groups is 2. The van der Waals surface area contributed by atoms with E-state index < -0.39 is 11.7 Å². The van der Waals surface area contributed by atoms with Crippen molar-refractivity contribution in [2.75, 3.05) is 13.6 Å². The molecule has 0 aliphatic heterocycles. The second-order valence-corrected chi connectivity index (χ2v) is 7.44. The average molecular weight is 447 g/mol. The first kappa shape index (κ1) is 22.6. The Labute approximate surface area is 183 Å². The minimum absolute atomic E-state index is 0.0196. The van der Waals surface area contributed by atoms with Crippen molar-refractivity contribution in [2.45, 2.75) is 26.3 Å². The molecule has 0 unspecified atom stereocenters. The highest BCUT2D eigenvalue weighted by Crippen LogP contribution is 2.22. The summed E-state index contributed by atoms with van der Waals surface area (Å²) in [5, 5.41) is 4.22. The summed E-state index contributed by atoms with van der Waals surface area (Å²) in [5.41, 5.74) is 1.03. The number of benzene rings is 2. The summed E-state index contributed by atoms with van der Waals surface area (Å²) in [4.78, 5) is 30.9. The zero-order chi connectivity index (χ0) is 22.5. The van der Waals surface area contributed by atoms with Gasteiger partial charge in [0.2, 0.25) is 5.82 Å². The second-order valence-electron chi connectivity index (χ2n) is 7.03. The molecule has 0 saturated carbocycles. The quantitative estimate of drug-likeness (QED) is 0.520. The fraction of sp³-hybridized carbons (Fsp3) is 0.273. The Balaban J connectivity index is 1.84. The first-order valence-corrected chi connectivity index (χ1v) is 10.1. The van der Waals surface area contributed by atoms with Crippen LogP contribution in [0.3, 0.4) is 0 Å². The minimum Gasteiger partial charge on any atom is -0.339 e. The van der Waals surface area contributed by atoms with Crippen molar-refractivity contribution in [3.63, 3.8) is 0 Å². The van der Waals surface area contributed by atoms with Crippen LogP contribution in [0, 0.1) is 11.6 Å². The van der Waals surface area contributed by atoms with Crippen molar-refractivity contribution < 1.29 is 18.4 Å². The maximum Gasteiger partial charge on any atom is 0.291 e. The number of rotatable bonds is 8. The molecule has 0 radical (unpaired) electrons. The number of amides is 1. The predicted molar refractivity (Wildman–Crippen MR) is 113 cm³/mol. The highest BCUT2D eigenvalue weighted by molar-refractivity contribution is 6.30. The van der Waals surface area contributed by atoms with Crippen LogP contribution in [0.1, 0.15) is 29.5 Å². The predicted octanol–water partition coefficient (Wildman–Crippen LogP) is 4.17. The van der Waals surface area contributed by atoms with Crippen LogP contribution in [0.2, 0.25) is 5.02 Å². The topological polar surface area (TPSA) is 68.1 Å². The lowest BCUT2D eigenvalue weighted by atomic mass is 10.1. The molecule has 1 amide bonds. The molecule has 0 bridgehead atoms. The molecule has 0 saturated heterocycles. The molecule has 0 aliphatic rings. The van der Waals surface area contributed by atoms with Crippen LogP contribution in [0.5, 0.6) is 0 Å². The summed E-state index contributed by atoms with van der Waals surface area (Å²) >= 11 is 5.73. The molecule has 0 atom stereocenters. The van der Waals surface area contributed by atoms with Gasteiger partial charge >= 0.3 is 0 Å². The lowest BCUT2D eigenvalue weighted by Crippen LogP contribution is -2.30. The summed E-state index contributed by atoms with van der Waals surface area (Å²) < 4.78 is 28.4. The maximum atomic E-state index is 13.9. The largest absolute Gasteiger partial charge is 0.339 e. The first-order valence-electron chi connectivity index (χ1n) is 9.70. The molecule has 1 aromatic heterocycles. The summed E-state index contributed by atoms with van der Waals surface area (Å²) in [6.07, 6.45) is 0.504. The Morgan fingerprint density at radius 1 is 1.16 bits per heavy atom. The molecule has 9 heteroatoms. The number of aromatic nitrogens is 3. The Bertz CT molecular complexity index is 1120. The van der Waals surface area contributed by atoms with Crippen molar-refractivity contribution >= 4 is 23.3 Å². The van der Waals surface area contributed by atoms with E-state index in [2.05, 4.69) is 10.1 Å². The van der Waals surface area contributed by atoms with E-state index in [1.54, 1.807) is 26.1 Å². The van der Waals surface area contributed by atoms with E-state index in [0.717, 1.165) is 0 Å². The lowest BCUT2D eigenvalue weighted by Gasteiger charge is -2.14. The molecule has 3 rings (SSSR count). The molecule has 0 spiro atoms. The number of halogens is 3. The van der Waals surface area contributed by atoms with Gasteiger partial charge in [0.05, 0.1) is 5.02 Å². The van der Waals surface area contributed by atoms with Gasteiger partial charge < -0.3 is 4.90 Å². The zero-order valence-corrected chi connectivity index (χ0v) is 17.9. The SMILES string of the molecule is CCN(C)C(=O)c1nc(-c2ccc(Cl)c(F)c2)nn1CC(=O)CCc1cccc(F)c1. The van der Waals surface area contributed by atoms with Crippen molar-refractivity contribution in [3.8, 4) is 11.4 Å². The molecule has 31 heavy (non-hydrogen) atoms. The van der Waals surface area contributed by atoms with Crippen molar-refractivity contribution in [1.29, 1.82) is 0 Å². The van der Waals surface area contributed by atoms with Gasteiger partial charge in [0, 0.05) is 25.6 Å². The van der Waals surface area contributed by atoms with Gasteiger partial charge in [-0.05, 0) is 49.2 Å². The molecular weight excluding hydrogens is 426 g/mol. The number of hydrogen-bond acceptors (Lipinski definition) is 4. The van der Waals surface area contributed by atoms with Crippen LogP contribution in [-0.4, -0.2) is 44.9 Å². The smallest absolute Gasteiger partial charge is 0.291 e. The van der Waals surface area contributed by atoms with E-state index in [1.165, 1.54) is 39.9 Å². The van der Waals surface area contributed by atoms with Gasteiger partial charge in [0.1, 0.15) is 18.2 Å². The number of Topliss-reactive ketones (excluding diaryl/α,β-unsaturated/α-hetero) is 1. The third-order valence-electron chi connectivity index (χ3n) is 4.77. The Morgan fingerprint density at radius 2 is 1.94 bits per heavy atom. The van der Waals surface area contributed by atoms with E-state index in [0.29, 0.717) is 24.1 Å². The molecule has 0 aliphatic carbocycles. The third-order valence-corrected chi connectivity index (χ3v) is 5.08. The van der Waals surface area contributed by atoms with E-state index in [9.17, 15) is 18.4 Å². The fourth-order valence-corrected chi connectivity index (χ4v) is 3.02. The van der Waals surface area contributed by atoms with Crippen LogP contribution in [0.25, 0.3) is 11.4 Å². The maximum absolute atomic E-state index is 13.9. The molecule has 0 N–H and O–H groups in total. The van der Waals surface area contributed by atoms with Crippen molar-refractivity contribution in [1.82, 2.24) is 19.7 Å². The van der Waals surface area contributed by atoms with Crippen molar-refractivity contribution in [2.24, 2.45) is 0 Å². The van der Waals surface area contributed by atoms with E-state index >= 15 is 0 Å². The van der Waals surface area contributed by atoms with Crippen LogP contribution in [0.4, 0.5) is 8.78 Å².